The minimum atomic E-state index is -0.396. The molecule has 0 amide bonds. The van der Waals surface area contributed by atoms with Gasteiger partial charge in [0.15, 0.2) is 5.13 Å². The zero-order valence-corrected chi connectivity index (χ0v) is 11.6. The number of non-ortho nitro benzene ring substituents is 1. The first-order valence-electron chi connectivity index (χ1n) is 5.74. The fraction of sp³-hybridized carbons (Fsp3) is 0.364. The Morgan fingerprint density at radius 3 is 3.05 bits per heavy atom. The number of nitrogens with one attached hydrogen (secondary N) is 2. The van der Waals surface area contributed by atoms with Gasteiger partial charge in [0.25, 0.3) is 5.69 Å². The van der Waals surface area contributed by atoms with Gasteiger partial charge in [0.05, 0.1) is 15.1 Å². The number of nitro benzene ring substituents is 1. The Labute approximate surface area is 119 Å². The average Bonchev–Trinajstić information content (AvgIpc) is 2.96. The van der Waals surface area contributed by atoms with Crippen LogP contribution in [0.2, 0.25) is 0 Å². The summed E-state index contributed by atoms with van der Waals surface area (Å²) < 4.78 is 0.967. The Balaban J connectivity index is 0.00000133. The fourth-order valence-electron chi connectivity index (χ4n) is 2.04. The Morgan fingerprint density at radius 1 is 1.53 bits per heavy atom. The van der Waals surface area contributed by atoms with Crippen LogP contribution in [0.5, 0.6) is 0 Å². The maximum atomic E-state index is 10.7. The number of hydrogen-bond acceptors (Lipinski definition) is 6. The number of benzene rings is 1. The van der Waals surface area contributed by atoms with Gasteiger partial charge in [-0.3, -0.25) is 10.1 Å². The summed E-state index contributed by atoms with van der Waals surface area (Å²) in [6.45, 7) is 1.96. The first kappa shape index (κ1) is 14.0. The highest BCUT2D eigenvalue weighted by atomic mass is 35.5. The molecule has 2 heterocycles. The van der Waals surface area contributed by atoms with E-state index in [4.69, 9.17) is 0 Å². The molecule has 0 aliphatic carbocycles. The van der Waals surface area contributed by atoms with Gasteiger partial charge < -0.3 is 10.6 Å². The van der Waals surface area contributed by atoms with Gasteiger partial charge in [-0.05, 0) is 19.0 Å². The van der Waals surface area contributed by atoms with Gasteiger partial charge in [0.2, 0.25) is 0 Å². The molecule has 0 spiro atoms. The lowest BCUT2D eigenvalue weighted by atomic mass is 10.3. The van der Waals surface area contributed by atoms with Gasteiger partial charge in [-0.2, -0.15) is 0 Å². The van der Waals surface area contributed by atoms with Crippen molar-refractivity contribution < 1.29 is 4.92 Å². The van der Waals surface area contributed by atoms with E-state index < -0.39 is 4.92 Å². The second kappa shape index (κ2) is 5.68. The van der Waals surface area contributed by atoms with E-state index in [0.29, 0.717) is 11.6 Å². The summed E-state index contributed by atoms with van der Waals surface area (Å²) >= 11 is 1.53. The van der Waals surface area contributed by atoms with Crippen LogP contribution in [-0.2, 0) is 0 Å². The second-order valence-corrected chi connectivity index (χ2v) is 5.29. The summed E-state index contributed by atoms with van der Waals surface area (Å²) in [7, 11) is 0. The van der Waals surface area contributed by atoms with Crippen LogP contribution in [0, 0.1) is 10.1 Å². The van der Waals surface area contributed by atoms with Crippen molar-refractivity contribution in [2.45, 2.75) is 12.5 Å². The molecule has 0 radical (unpaired) electrons. The lowest BCUT2D eigenvalue weighted by Gasteiger charge is -2.08. The second-order valence-electron chi connectivity index (χ2n) is 4.26. The quantitative estimate of drug-likeness (QED) is 0.672. The first-order valence-corrected chi connectivity index (χ1v) is 6.56. The molecule has 0 saturated carbocycles. The van der Waals surface area contributed by atoms with E-state index in [0.717, 1.165) is 29.3 Å². The number of halogens is 1. The average molecular weight is 301 g/mol. The number of hydrogen-bond donors (Lipinski definition) is 2. The highest BCUT2D eigenvalue weighted by molar-refractivity contribution is 7.22. The van der Waals surface area contributed by atoms with Crippen LogP contribution in [0.3, 0.4) is 0 Å². The molecular weight excluding hydrogens is 288 g/mol. The minimum Gasteiger partial charge on any atom is -0.357 e. The zero-order valence-electron chi connectivity index (χ0n) is 9.96. The Hall–Kier alpha value is -1.44. The molecule has 8 heteroatoms. The molecule has 6 nitrogen and oxygen atoms in total. The van der Waals surface area contributed by atoms with Crippen LogP contribution in [0.4, 0.5) is 10.8 Å². The SMILES string of the molecule is Cl.O=[N+]([O-])c1ccc2sc(N[C@H]3CCNC3)nc2c1. The van der Waals surface area contributed by atoms with Crippen LogP contribution in [0.1, 0.15) is 6.42 Å². The smallest absolute Gasteiger partial charge is 0.271 e. The van der Waals surface area contributed by atoms with Crippen LogP contribution in [-0.4, -0.2) is 29.0 Å². The number of rotatable bonds is 3. The number of fused-ring (bicyclic) bond motifs is 1. The molecule has 19 heavy (non-hydrogen) atoms. The summed E-state index contributed by atoms with van der Waals surface area (Å²) in [4.78, 5) is 14.7. The first-order chi connectivity index (χ1) is 8.72. The van der Waals surface area contributed by atoms with Crippen LogP contribution in [0.15, 0.2) is 18.2 Å². The van der Waals surface area contributed by atoms with E-state index in [1.54, 1.807) is 6.07 Å². The molecule has 0 bridgehead atoms. The standard InChI is InChI=1S/C11H12N4O2S.ClH/c16-15(17)8-1-2-10-9(5-8)14-11(18-10)13-7-3-4-12-6-7;/h1-2,5,7,12H,3-4,6H2,(H,13,14);1H/t7-;/m0./s1. The molecule has 2 aromatic rings. The van der Waals surface area contributed by atoms with Crippen molar-refractivity contribution in [3.63, 3.8) is 0 Å². The van der Waals surface area contributed by atoms with E-state index in [9.17, 15) is 10.1 Å². The van der Waals surface area contributed by atoms with Crippen molar-refractivity contribution in [3.05, 3.63) is 28.3 Å². The van der Waals surface area contributed by atoms with Gasteiger partial charge >= 0.3 is 0 Å². The highest BCUT2D eigenvalue weighted by Crippen LogP contribution is 2.29. The normalized spacial score (nSPS) is 18.2. The highest BCUT2D eigenvalue weighted by Gasteiger charge is 2.16. The van der Waals surface area contributed by atoms with E-state index >= 15 is 0 Å². The number of anilines is 1. The van der Waals surface area contributed by atoms with Gasteiger partial charge in [-0.25, -0.2) is 4.98 Å². The molecule has 1 fully saturated rings. The van der Waals surface area contributed by atoms with E-state index in [1.807, 2.05) is 0 Å². The summed E-state index contributed by atoms with van der Waals surface area (Å²) in [5.41, 5.74) is 0.768. The predicted octanol–water partition coefficient (Wildman–Crippen LogP) is 2.40. The van der Waals surface area contributed by atoms with Crippen LogP contribution < -0.4 is 10.6 Å². The van der Waals surface area contributed by atoms with E-state index in [-0.39, 0.29) is 18.1 Å². The molecule has 1 atom stereocenters. The monoisotopic (exact) mass is 300 g/mol. The number of nitrogens with zero attached hydrogens (tertiary/aromatic N) is 2. The molecule has 2 N–H and O–H groups in total. The molecule has 1 saturated heterocycles. The Morgan fingerprint density at radius 2 is 2.37 bits per heavy atom. The van der Waals surface area contributed by atoms with E-state index in [1.165, 1.54) is 23.5 Å². The maximum Gasteiger partial charge on any atom is 0.271 e. The van der Waals surface area contributed by atoms with Crippen molar-refractivity contribution in [3.8, 4) is 0 Å². The minimum absolute atomic E-state index is 0. The third-order valence-corrected chi connectivity index (χ3v) is 3.94. The molecule has 1 aliphatic rings. The molecule has 1 aromatic heterocycles. The summed E-state index contributed by atoms with van der Waals surface area (Å²) in [5, 5.41) is 18.1. The number of aromatic nitrogens is 1. The predicted molar refractivity (Wildman–Crippen MR) is 78.4 cm³/mol. The molecule has 102 valence electrons. The topological polar surface area (TPSA) is 80.1 Å². The van der Waals surface area contributed by atoms with Crippen molar-refractivity contribution in [1.29, 1.82) is 0 Å². The summed E-state index contributed by atoms with van der Waals surface area (Å²) in [6.07, 6.45) is 1.08. The summed E-state index contributed by atoms with van der Waals surface area (Å²) in [6, 6.07) is 5.19. The third-order valence-electron chi connectivity index (χ3n) is 2.97. The fourth-order valence-corrected chi connectivity index (χ4v) is 2.97. The van der Waals surface area contributed by atoms with E-state index in [2.05, 4.69) is 15.6 Å². The Bertz CT molecular complexity index is 597. The molecular formula is C11H13ClN4O2S. The summed E-state index contributed by atoms with van der Waals surface area (Å²) in [5.74, 6) is 0. The van der Waals surface area contributed by atoms with Crippen molar-refractivity contribution in [2.24, 2.45) is 0 Å². The Kier molecular flexibility index (Phi) is 4.18. The van der Waals surface area contributed by atoms with Crippen molar-refractivity contribution in [2.75, 3.05) is 18.4 Å². The van der Waals surface area contributed by atoms with Gasteiger partial charge in [0.1, 0.15) is 0 Å². The van der Waals surface area contributed by atoms with Gasteiger partial charge in [-0.15, -0.1) is 12.4 Å². The van der Waals surface area contributed by atoms with Gasteiger partial charge in [0, 0.05) is 24.7 Å². The molecule has 1 aromatic carbocycles. The molecule has 0 unspecified atom stereocenters. The lowest BCUT2D eigenvalue weighted by Crippen LogP contribution is -2.21. The van der Waals surface area contributed by atoms with Crippen molar-refractivity contribution >= 4 is 44.8 Å². The lowest BCUT2D eigenvalue weighted by molar-refractivity contribution is -0.384. The third kappa shape index (κ3) is 2.94. The maximum absolute atomic E-state index is 10.7. The number of nitro groups is 1. The van der Waals surface area contributed by atoms with Crippen LogP contribution >= 0.6 is 23.7 Å². The van der Waals surface area contributed by atoms with Gasteiger partial charge in [-0.1, -0.05) is 11.3 Å². The zero-order chi connectivity index (χ0) is 12.5. The number of thiazole rings is 1. The largest absolute Gasteiger partial charge is 0.357 e. The molecule has 1 aliphatic heterocycles. The van der Waals surface area contributed by atoms with Crippen molar-refractivity contribution in [1.82, 2.24) is 10.3 Å². The van der Waals surface area contributed by atoms with Crippen LogP contribution in [0.25, 0.3) is 10.2 Å². The molecule has 3 rings (SSSR count).